The average Bonchev–Trinajstić information content (AvgIpc) is 2.66. The second kappa shape index (κ2) is 8.36. The minimum Gasteiger partial charge on any atom is -0.453 e. The Morgan fingerprint density at radius 1 is 1.07 bits per heavy atom. The number of para-hydroxylation sites is 2. The van der Waals surface area contributed by atoms with E-state index in [9.17, 15) is 14.9 Å². The van der Waals surface area contributed by atoms with Crippen molar-refractivity contribution in [2.24, 2.45) is 0 Å². The molecule has 8 nitrogen and oxygen atoms in total. The second-order valence-corrected chi connectivity index (χ2v) is 5.92. The van der Waals surface area contributed by atoms with Gasteiger partial charge in [0.25, 0.3) is 0 Å². The molecule has 0 saturated heterocycles. The topological polar surface area (TPSA) is 104 Å². The molecule has 0 atom stereocenters. The van der Waals surface area contributed by atoms with Gasteiger partial charge in [0, 0.05) is 30.9 Å². The Balaban J connectivity index is 1.89. The highest BCUT2D eigenvalue weighted by Crippen LogP contribution is 2.41. The number of carbonyl (C=O) groups is 1. The number of nitro benzene ring substituents is 1. The standard InChI is InChI=1S/C19H14ClN3O5/c1-12(24)22-13-6-8-14(9-7-13)27-17-10-11-21-19(20)18(17)28-16-5-3-2-4-15(16)23(25)26/h2-11H,1H3,(H,22,24). The van der Waals surface area contributed by atoms with Crippen LogP contribution in [0.4, 0.5) is 11.4 Å². The van der Waals surface area contributed by atoms with Gasteiger partial charge in [-0.15, -0.1) is 0 Å². The lowest BCUT2D eigenvalue weighted by molar-refractivity contribution is -0.385. The number of benzene rings is 2. The molecule has 0 saturated carbocycles. The van der Waals surface area contributed by atoms with Crippen LogP contribution in [-0.4, -0.2) is 15.8 Å². The number of aromatic nitrogens is 1. The van der Waals surface area contributed by atoms with Gasteiger partial charge in [-0.05, 0) is 30.3 Å². The zero-order chi connectivity index (χ0) is 20.1. The molecule has 142 valence electrons. The first-order valence-corrected chi connectivity index (χ1v) is 8.43. The van der Waals surface area contributed by atoms with Gasteiger partial charge in [-0.3, -0.25) is 14.9 Å². The number of ether oxygens (including phenoxy) is 2. The van der Waals surface area contributed by atoms with E-state index in [1.54, 1.807) is 30.3 Å². The number of pyridine rings is 1. The lowest BCUT2D eigenvalue weighted by Crippen LogP contribution is -2.05. The summed E-state index contributed by atoms with van der Waals surface area (Å²) in [6.45, 7) is 1.41. The zero-order valence-corrected chi connectivity index (χ0v) is 15.3. The summed E-state index contributed by atoms with van der Waals surface area (Å²) in [7, 11) is 0. The third-order valence-electron chi connectivity index (χ3n) is 3.50. The van der Waals surface area contributed by atoms with E-state index < -0.39 is 4.92 Å². The summed E-state index contributed by atoms with van der Waals surface area (Å²) in [5, 5.41) is 13.8. The first-order chi connectivity index (χ1) is 13.4. The van der Waals surface area contributed by atoms with Crippen LogP contribution in [0.1, 0.15) is 6.92 Å². The summed E-state index contributed by atoms with van der Waals surface area (Å²) in [6, 6.07) is 14.1. The maximum atomic E-state index is 11.2. The molecule has 1 amide bonds. The SMILES string of the molecule is CC(=O)Nc1ccc(Oc2ccnc(Cl)c2Oc2ccccc2[N+](=O)[O-])cc1. The minimum atomic E-state index is -0.555. The number of nitro groups is 1. The molecule has 0 aliphatic carbocycles. The summed E-state index contributed by atoms with van der Waals surface area (Å²) in [4.78, 5) is 25.7. The van der Waals surface area contributed by atoms with Crippen molar-refractivity contribution in [3.63, 3.8) is 0 Å². The van der Waals surface area contributed by atoms with Crippen molar-refractivity contribution in [2.45, 2.75) is 6.92 Å². The van der Waals surface area contributed by atoms with E-state index in [1.165, 1.54) is 37.4 Å². The normalized spacial score (nSPS) is 10.2. The number of nitrogens with one attached hydrogen (secondary N) is 1. The van der Waals surface area contributed by atoms with Crippen LogP contribution in [0, 0.1) is 10.1 Å². The molecule has 1 N–H and O–H groups in total. The van der Waals surface area contributed by atoms with E-state index in [0.717, 1.165) is 0 Å². The van der Waals surface area contributed by atoms with Crippen LogP contribution < -0.4 is 14.8 Å². The van der Waals surface area contributed by atoms with Gasteiger partial charge in [-0.2, -0.15) is 0 Å². The van der Waals surface area contributed by atoms with Crippen molar-refractivity contribution in [3.05, 3.63) is 76.1 Å². The van der Waals surface area contributed by atoms with E-state index in [-0.39, 0.29) is 34.0 Å². The molecule has 0 fully saturated rings. The maximum absolute atomic E-state index is 11.2. The first-order valence-electron chi connectivity index (χ1n) is 8.05. The van der Waals surface area contributed by atoms with Gasteiger partial charge in [0.15, 0.2) is 10.9 Å². The molecule has 1 heterocycles. The molecule has 28 heavy (non-hydrogen) atoms. The van der Waals surface area contributed by atoms with Crippen LogP contribution in [0.5, 0.6) is 23.0 Å². The molecule has 1 aromatic heterocycles. The molecule has 0 bridgehead atoms. The molecular weight excluding hydrogens is 386 g/mol. The lowest BCUT2D eigenvalue weighted by atomic mass is 10.3. The van der Waals surface area contributed by atoms with Gasteiger partial charge in [0.05, 0.1) is 4.92 Å². The van der Waals surface area contributed by atoms with Crippen molar-refractivity contribution < 1.29 is 19.2 Å². The van der Waals surface area contributed by atoms with Crippen LogP contribution in [0.3, 0.4) is 0 Å². The Morgan fingerprint density at radius 3 is 2.46 bits per heavy atom. The molecule has 9 heteroatoms. The number of carbonyl (C=O) groups excluding carboxylic acids is 1. The number of anilines is 1. The Hall–Kier alpha value is -3.65. The summed E-state index contributed by atoms with van der Waals surface area (Å²) in [6.07, 6.45) is 1.43. The zero-order valence-electron chi connectivity index (χ0n) is 14.6. The smallest absolute Gasteiger partial charge is 0.311 e. The third kappa shape index (κ3) is 4.54. The largest absolute Gasteiger partial charge is 0.453 e. The van der Waals surface area contributed by atoms with Crippen LogP contribution >= 0.6 is 11.6 Å². The van der Waals surface area contributed by atoms with Crippen LogP contribution in [0.15, 0.2) is 60.8 Å². The highest BCUT2D eigenvalue weighted by atomic mass is 35.5. The first kappa shape index (κ1) is 19.1. The van der Waals surface area contributed by atoms with Gasteiger partial charge in [-0.1, -0.05) is 23.7 Å². The molecule has 0 aliphatic rings. The fourth-order valence-electron chi connectivity index (χ4n) is 2.32. The predicted octanol–water partition coefficient (Wildman–Crippen LogP) is 5.19. The monoisotopic (exact) mass is 399 g/mol. The quantitative estimate of drug-likeness (QED) is 0.347. The number of hydrogen-bond donors (Lipinski definition) is 1. The van der Waals surface area contributed by atoms with Crippen molar-refractivity contribution in [2.75, 3.05) is 5.32 Å². The number of nitrogens with zero attached hydrogens (tertiary/aromatic N) is 2. The second-order valence-electron chi connectivity index (χ2n) is 5.56. The summed E-state index contributed by atoms with van der Waals surface area (Å²) >= 11 is 6.13. The lowest BCUT2D eigenvalue weighted by Gasteiger charge is -2.13. The Kier molecular flexibility index (Phi) is 5.71. The molecule has 0 spiro atoms. The van der Waals surface area contributed by atoms with E-state index in [1.807, 2.05) is 0 Å². The molecule has 0 aliphatic heterocycles. The molecular formula is C19H14ClN3O5. The highest BCUT2D eigenvalue weighted by Gasteiger charge is 2.19. The molecule has 3 rings (SSSR count). The highest BCUT2D eigenvalue weighted by molar-refractivity contribution is 6.31. The molecule has 0 unspecified atom stereocenters. The third-order valence-corrected chi connectivity index (χ3v) is 3.77. The summed E-state index contributed by atoms with van der Waals surface area (Å²) in [5.41, 5.74) is 0.400. The van der Waals surface area contributed by atoms with Crippen LogP contribution in [0.2, 0.25) is 5.15 Å². The molecule has 0 radical (unpaired) electrons. The minimum absolute atomic E-state index is 0.00764. The van der Waals surface area contributed by atoms with Gasteiger partial charge < -0.3 is 14.8 Å². The molecule has 2 aromatic carbocycles. The van der Waals surface area contributed by atoms with Crippen molar-refractivity contribution in [1.29, 1.82) is 0 Å². The van der Waals surface area contributed by atoms with E-state index in [4.69, 9.17) is 21.1 Å². The van der Waals surface area contributed by atoms with Gasteiger partial charge in [0.2, 0.25) is 17.4 Å². The number of rotatable bonds is 6. The van der Waals surface area contributed by atoms with E-state index >= 15 is 0 Å². The average molecular weight is 400 g/mol. The van der Waals surface area contributed by atoms with E-state index in [2.05, 4.69) is 10.3 Å². The maximum Gasteiger partial charge on any atom is 0.311 e. The number of amides is 1. The van der Waals surface area contributed by atoms with Crippen LogP contribution in [0.25, 0.3) is 0 Å². The van der Waals surface area contributed by atoms with Crippen molar-refractivity contribution in [3.8, 4) is 23.0 Å². The van der Waals surface area contributed by atoms with Gasteiger partial charge in [0.1, 0.15) is 5.75 Å². The Morgan fingerprint density at radius 2 is 1.79 bits per heavy atom. The fraction of sp³-hybridized carbons (Fsp3) is 0.0526. The van der Waals surface area contributed by atoms with Gasteiger partial charge >= 0.3 is 5.69 Å². The van der Waals surface area contributed by atoms with E-state index in [0.29, 0.717) is 11.4 Å². The van der Waals surface area contributed by atoms with Crippen LogP contribution in [-0.2, 0) is 4.79 Å². The summed E-state index contributed by atoms with van der Waals surface area (Å²) in [5.74, 6) is 0.543. The predicted molar refractivity (Wildman–Crippen MR) is 103 cm³/mol. The van der Waals surface area contributed by atoms with Crippen molar-refractivity contribution >= 4 is 28.9 Å². The van der Waals surface area contributed by atoms with Gasteiger partial charge in [-0.25, -0.2) is 4.98 Å². The Bertz CT molecular complexity index is 1020. The Labute approximate surface area is 164 Å². The fourth-order valence-corrected chi connectivity index (χ4v) is 2.51. The number of halogens is 1. The number of hydrogen-bond acceptors (Lipinski definition) is 6. The summed E-state index contributed by atoms with van der Waals surface area (Å²) < 4.78 is 11.5. The van der Waals surface area contributed by atoms with Crippen molar-refractivity contribution in [1.82, 2.24) is 4.98 Å². The molecule has 3 aromatic rings.